The minimum Gasteiger partial charge on any atom is -0.287 e. The molecule has 0 radical (unpaired) electrons. The number of carbonyl (C=O) groups excluding carboxylic acids is 1. The Hall–Kier alpha value is -0.280. The number of hydrogen-bond donors (Lipinski definition) is 0. The van der Waals surface area contributed by atoms with Crippen molar-refractivity contribution in [2.75, 3.05) is 12.5 Å². The number of carbonyl (C=O) groups is 1. The predicted octanol–water partition coefficient (Wildman–Crippen LogP) is 2.47. The minimum atomic E-state index is -0.0464. The zero-order valence-electron chi connectivity index (χ0n) is 7.66. The van der Waals surface area contributed by atoms with Gasteiger partial charge in [0.05, 0.1) is 12.5 Å². The van der Waals surface area contributed by atoms with Crippen molar-refractivity contribution in [2.24, 2.45) is 0 Å². The van der Waals surface area contributed by atoms with Gasteiger partial charge in [-0.3, -0.25) is 4.79 Å². The standard InChI is InChI=1S/C10H12BrOS/c1-13(2)10(11)9(12)8-6-4-3-5-7-8/h3-7,10H,1-2H3/q+1. The molecule has 0 aliphatic rings. The van der Waals surface area contributed by atoms with Crippen LogP contribution in [-0.2, 0) is 10.9 Å². The normalized spacial score (nSPS) is 12.9. The van der Waals surface area contributed by atoms with Gasteiger partial charge in [-0.25, -0.2) is 0 Å². The summed E-state index contributed by atoms with van der Waals surface area (Å²) < 4.78 is -0.0464. The first-order valence-electron chi connectivity index (χ1n) is 3.92. The SMILES string of the molecule is C[S+](C)C(Br)C(=O)c1ccccc1. The van der Waals surface area contributed by atoms with Crippen LogP contribution in [0.5, 0.6) is 0 Å². The van der Waals surface area contributed by atoms with Crippen LogP contribution in [0.3, 0.4) is 0 Å². The van der Waals surface area contributed by atoms with Gasteiger partial charge in [0.25, 0.3) is 0 Å². The maximum atomic E-state index is 11.7. The van der Waals surface area contributed by atoms with E-state index in [1.165, 1.54) is 0 Å². The highest BCUT2D eigenvalue weighted by Crippen LogP contribution is 2.15. The second kappa shape index (κ2) is 4.82. The first kappa shape index (κ1) is 10.8. The number of ketones is 1. The van der Waals surface area contributed by atoms with Crippen LogP contribution in [0.2, 0.25) is 0 Å². The number of Topliss-reactive ketones (excluding diaryl/α,β-unsaturated/α-hetero) is 1. The molecule has 1 aromatic rings. The second-order valence-electron chi connectivity index (χ2n) is 2.93. The Morgan fingerprint density at radius 2 is 1.85 bits per heavy atom. The summed E-state index contributed by atoms with van der Waals surface area (Å²) in [6.45, 7) is 0. The first-order chi connectivity index (χ1) is 6.13. The van der Waals surface area contributed by atoms with E-state index in [1.807, 2.05) is 30.3 Å². The van der Waals surface area contributed by atoms with Crippen molar-refractivity contribution in [1.82, 2.24) is 0 Å². The van der Waals surface area contributed by atoms with Crippen LogP contribution in [0, 0.1) is 0 Å². The molecule has 3 heteroatoms. The summed E-state index contributed by atoms with van der Waals surface area (Å²) in [4.78, 5) is 11.7. The number of hydrogen-bond acceptors (Lipinski definition) is 1. The molecule has 0 fully saturated rings. The Kier molecular flexibility index (Phi) is 4.00. The number of alkyl halides is 1. The van der Waals surface area contributed by atoms with Gasteiger partial charge < -0.3 is 0 Å². The van der Waals surface area contributed by atoms with E-state index in [0.717, 1.165) is 5.56 Å². The van der Waals surface area contributed by atoms with Crippen LogP contribution in [0.25, 0.3) is 0 Å². The third kappa shape index (κ3) is 2.85. The van der Waals surface area contributed by atoms with E-state index in [1.54, 1.807) is 0 Å². The quantitative estimate of drug-likeness (QED) is 0.463. The molecule has 70 valence electrons. The molecule has 0 heterocycles. The summed E-state index contributed by atoms with van der Waals surface area (Å²) >= 11 is 3.41. The smallest absolute Gasteiger partial charge is 0.233 e. The van der Waals surface area contributed by atoms with Crippen LogP contribution in [0.4, 0.5) is 0 Å². The summed E-state index contributed by atoms with van der Waals surface area (Å²) in [5, 5.41) is 0. The summed E-state index contributed by atoms with van der Waals surface area (Å²) in [6.07, 6.45) is 4.11. The molecule has 0 amide bonds. The van der Waals surface area contributed by atoms with Crippen molar-refractivity contribution in [3.63, 3.8) is 0 Å². The molecule has 1 rings (SSSR count). The lowest BCUT2D eigenvalue weighted by molar-refractivity contribution is 0.101. The molecule has 0 aromatic heterocycles. The molecule has 0 aliphatic heterocycles. The zero-order valence-corrected chi connectivity index (χ0v) is 10.1. The monoisotopic (exact) mass is 259 g/mol. The lowest BCUT2D eigenvalue weighted by Crippen LogP contribution is -2.22. The van der Waals surface area contributed by atoms with Crippen LogP contribution in [0.15, 0.2) is 30.3 Å². The molecule has 0 spiro atoms. The van der Waals surface area contributed by atoms with Crippen LogP contribution in [0.1, 0.15) is 10.4 Å². The van der Waals surface area contributed by atoms with Crippen LogP contribution < -0.4 is 0 Å². The Labute approximate surface area is 90.0 Å². The second-order valence-corrected chi connectivity index (χ2v) is 6.68. The maximum Gasteiger partial charge on any atom is 0.233 e. The van der Waals surface area contributed by atoms with Crippen molar-refractivity contribution in [3.05, 3.63) is 35.9 Å². The van der Waals surface area contributed by atoms with Gasteiger partial charge in [-0.15, -0.1) is 0 Å². The number of benzene rings is 1. The van der Waals surface area contributed by atoms with E-state index < -0.39 is 0 Å². The van der Waals surface area contributed by atoms with E-state index in [2.05, 4.69) is 28.4 Å². The molecule has 1 aromatic carbocycles. The summed E-state index contributed by atoms with van der Waals surface area (Å²) in [7, 11) is 0.0762. The van der Waals surface area contributed by atoms with Gasteiger partial charge in [0, 0.05) is 16.5 Å². The lowest BCUT2D eigenvalue weighted by Gasteiger charge is -2.04. The molecule has 13 heavy (non-hydrogen) atoms. The van der Waals surface area contributed by atoms with E-state index >= 15 is 0 Å². The third-order valence-corrected chi connectivity index (χ3v) is 5.38. The van der Waals surface area contributed by atoms with Crippen molar-refractivity contribution < 1.29 is 4.79 Å². The average molecular weight is 260 g/mol. The zero-order chi connectivity index (χ0) is 9.84. The van der Waals surface area contributed by atoms with Gasteiger partial charge in [0.2, 0.25) is 9.94 Å². The maximum absolute atomic E-state index is 11.7. The first-order valence-corrected chi connectivity index (χ1v) is 6.94. The van der Waals surface area contributed by atoms with Gasteiger partial charge in [-0.1, -0.05) is 30.3 Å². The molecule has 0 N–H and O–H groups in total. The van der Waals surface area contributed by atoms with Gasteiger partial charge in [-0.05, 0) is 15.9 Å². The molecule has 0 bridgehead atoms. The Morgan fingerprint density at radius 3 is 2.31 bits per heavy atom. The van der Waals surface area contributed by atoms with Gasteiger partial charge in [0.15, 0.2) is 0 Å². The largest absolute Gasteiger partial charge is 0.287 e. The van der Waals surface area contributed by atoms with E-state index in [4.69, 9.17) is 0 Å². The van der Waals surface area contributed by atoms with Crippen LogP contribution >= 0.6 is 15.9 Å². The van der Waals surface area contributed by atoms with E-state index in [9.17, 15) is 4.79 Å². The highest BCUT2D eigenvalue weighted by Gasteiger charge is 2.27. The molecule has 0 saturated carbocycles. The molecule has 1 unspecified atom stereocenters. The topological polar surface area (TPSA) is 17.1 Å². The fourth-order valence-electron chi connectivity index (χ4n) is 0.948. The fourth-order valence-corrected chi connectivity index (χ4v) is 1.78. The van der Waals surface area contributed by atoms with Gasteiger partial charge in [-0.2, -0.15) is 0 Å². The fraction of sp³-hybridized carbons (Fsp3) is 0.300. The van der Waals surface area contributed by atoms with E-state index in [-0.39, 0.29) is 20.8 Å². The molecular weight excluding hydrogens is 248 g/mol. The molecule has 0 aliphatic carbocycles. The summed E-state index contributed by atoms with van der Waals surface area (Å²) in [5.74, 6) is 0.175. The minimum absolute atomic E-state index is 0.0464. The van der Waals surface area contributed by atoms with E-state index in [0.29, 0.717) is 0 Å². The van der Waals surface area contributed by atoms with Crippen molar-refractivity contribution in [2.45, 2.75) is 4.16 Å². The highest BCUT2D eigenvalue weighted by atomic mass is 79.9. The third-order valence-electron chi connectivity index (χ3n) is 1.68. The molecule has 1 nitrogen and oxygen atoms in total. The summed E-state index contributed by atoms with van der Waals surface area (Å²) in [5.41, 5.74) is 0.783. The molecule has 1 atom stereocenters. The van der Waals surface area contributed by atoms with Crippen molar-refractivity contribution in [1.29, 1.82) is 0 Å². The number of rotatable bonds is 3. The molecule has 0 saturated heterocycles. The highest BCUT2D eigenvalue weighted by molar-refractivity contribution is 9.11. The van der Waals surface area contributed by atoms with Crippen molar-refractivity contribution >= 4 is 32.6 Å². The Morgan fingerprint density at radius 1 is 1.31 bits per heavy atom. The summed E-state index contributed by atoms with van der Waals surface area (Å²) in [6, 6.07) is 9.39. The number of halogens is 1. The van der Waals surface area contributed by atoms with Gasteiger partial charge >= 0.3 is 0 Å². The van der Waals surface area contributed by atoms with Crippen molar-refractivity contribution in [3.8, 4) is 0 Å². The molecular formula is C10H12BrOS+. The van der Waals surface area contributed by atoms with Gasteiger partial charge in [0.1, 0.15) is 0 Å². The van der Waals surface area contributed by atoms with Crippen LogP contribution in [-0.4, -0.2) is 22.5 Å². The Balaban J connectivity index is 2.80. The Bertz CT molecular complexity index is 284. The average Bonchev–Trinajstić information content (AvgIpc) is 2.17. The predicted molar refractivity (Wildman–Crippen MR) is 62.7 cm³/mol. The lowest BCUT2D eigenvalue weighted by atomic mass is 10.2.